The van der Waals surface area contributed by atoms with Crippen LogP contribution in [0.3, 0.4) is 0 Å². The molecule has 5 heteroatoms. The molecule has 0 fully saturated rings. The van der Waals surface area contributed by atoms with Gasteiger partial charge in [0.1, 0.15) is 0 Å². The van der Waals surface area contributed by atoms with Crippen molar-refractivity contribution in [3.8, 4) is 0 Å². The molecule has 64 valence electrons. The lowest BCUT2D eigenvalue weighted by molar-refractivity contribution is -0.150. The first-order chi connectivity index (χ1) is 5.07. The van der Waals surface area contributed by atoms with Crippen LogP contribution in [0.1, 0.15) is 6.92 Å². The second kappa shape index (κ2) is 4.68. The molecule has 1 atom stereocenters. The fraction of sp³-hybridized carbons (Fsp3) is 0.667. The number of amides is 1. The summed E-state index contributed by atoms with van der Waals surface area (Å²) in [6.45, 7) is 1.96. The van der Waals surface area contributed by atoms with Gasteiger partial charge in [-0.15, -0.1) is 0 Å². The van der Waals surface area contributed by atoms with E-state index >= 15 is 0 Å². The average molecular weight is 161 g/mol. The fourth-order valence-corrected chi connectivity index (χ4v) is 0.577. The number of hydrogen-bond donors (Lipinski definition) is 2. The maximum Gasteiger partial charge on any atom is 0.394 e. The summed E-state index contributed by atoms with van der Waals surface area (Å²) < 4.78 is 4.68. The first-order valence-electron chi connectivity index (χ1n) is 3.10. The molecule has 0 aliphatic rings. The predicted molar refractivity (Wildman–Crippen MR) is 37.1 cm³/mol. The first-order valence-corrected chi connectivity index (χ1v) is 3.10. The van der Waals surface area contributed by atoms with Gasteiger partial charge in [0.25, 0.3) is 0 Å². The van der Waals surface area contributed by atoms with Crippen molar-refractivity contribution in [2.75, 3.05) is 13.7 Å². The van der Waals surface area contributed by atoms with Crippen LogP contribution in [0.25, 0.3) is 0 Å². The summed E-state index contributed by atoms with van der Waals surface area (Å²) in [5, 5.41) is 10.4. The smallest absolute Gasteiger partial charge is 0.394 e. The Balaban J connectivity index is 3.66. The van der Waals surface area contributed by atoms with Gasteiger partial charge in [0.2, 0.25) is 0 Å². The van der Waals surface area contributed by atoms with Crippen LogP contribution in [0.5, 0.6) is 0 Å². The quantitative estimate of drug-likeness (QED) is 0.532. The Bertz CT molecular complexity index is 157. The Morgan fingerprint density at radius 2 is 2.18 bits per heavy atom. The standard InChI is InChI=1S/C6H11NO4/c1-4(3-11-2)7-5(8)6(9)10/h4H,3H2,1-2H3,(H,7,8)(H,9,10). The third-order valence-electron chi connectivity index (χ3n) is 0.988. The summed E-state index contributed by atoms with van der Waals surface area (Å²) in [5.41, 5.74) is 0. The molecule has 0 aliphatic carbocycles. The first kappa shape index (κ1) is 9.90. The van der Waals surface area contributed by atoms with Gasteiger partial charge in [-0.3, -0.25) is 4.79 Å². The van der Waals surface area contributed by atoms with Crippen molar-refractivity contribution in [3.05, 3.63) is 0 Å². The normalized spacial score (nSPS) is 12.2. The minimum absolute atomic E-state index is 0.274. The molecule has 0 heterocycles. The van der Waals surface area contributed by atoms with Gasteiger partial charge in [-0.25, -0.2) is 4.79 Å². The molecular formula is C6H11NO4. The third-order valence-corrected chi connectivity index (χ3v) is 0.988. The third kappa shape index (κ3) is 4.32. The number of carbonyl (C=O) groups excluding carboxylic acids is 1. The summed E-state index contributed by atoms with van der Waals surface area (Å²) in [6, 6.07) is -0.274. The van der Waals surface area contributed by atoms with E-state index in [1.807, 2.05) is 0 Å². The zero-order valence-electron chi connectivity index (χ0n) is 6.46. The van der Waals surface area contributed by atoms with Crippen molar-refractivity contribution >= 4 is 11.9 Å². The molecule has 0 aliphatic heterocycles. The molecule has 1 unspecified atom stereocenters. The van der Waals surface area contributed by atoms with Crippen LogP contribution in [-0.4, -0.2) is 36.7 Å². The van der Waals surface area contributed by atoms with Gasteiger partial charge < -0.3 is 15.2 Å². The fourth-order valence-electron chi connectivity index (χ4n) is 0.577. The number of rotatable bonds is 3. The molecule has 11 heavy (non-hydrogen) atoms. The average Bonchev–Trinajstić information content (AvgIpc) is 1.87. The molecule has 0 saturated heterocycles. The van der Waals surface area contributed by atoms with E-state index in [0.29, 0.717) is 6.61 Å². The number of carbonyl (C=O) groups is 2. The van der Waals surface area contributed by atoms with Crippen LogP contribution >= 0.6 is 0 Å². The van der Waals surface area contributed by atoms with E-state index in [1.165, 1.54) is 7.11 Å². The summed E-state index contributed by atoms with van der Waals surface area (Å²) in [4.78, 5) is 20.4. The number of carboxylic acids is 1. The number of nitrogens with one attached hydrogen (secondary N) is 1. The van der Waals surface area contributed by atoms with Crippen molar-refractivity contribution in [2.45, 2.75) is 13.0 Å². The topological polar surface area (TPSA) is 75.6 Å². The van der Waals surface area contributed by atoms with E-state index in [9.17, 15) is 9.59 Å². The Morgan fingerprint density at radius 3 is 2.55 bits per heavy atom. The lowest BCUT2D eigenvalue weighted by Gasteiger charge is -2.09. The van der Waals surface area contributed by atoms with Crippen molar-refractivity contribution in [3.63, 3.8) is 0 Å². The van der Waals surface area contributed by atoms with Crippen LogP contribution < -0.4 is 5.32 Å². The van der Waals surface area contributed by atoms with Crippen molar-refractivity contribution in [1.29, 1.82) is 0 Å². The Hall–Kier alpha value is -1.10. The van der Waals surface area contributed by atoms with Crippen molar-refractivity contribution in [1.82, 2.24) is 5.32 Å². The largest absolute Gasteiger partial charge is 0.474 e. The molecular weight excluding hydrogens is 150 g/mol. The van der Waals surface area contributed by atoms with Gasteiger partial charge in [-0.1, -0.05) is 0 Å². The number of carboxylic acid groups (broad SMARTS) is 1. The van der Waals surface area contributed by atoms with Gasteiger partial charge in [-0.05, 0) is 6.92 Å². The van der Waals surface area contributed by atoms with Gasteiger partial charge in [-0.2, -0.15) is 0 Å². The minimum atomic E-state index is -1.48. The molecule has 0 bridgehead atoms. The number of hydrogen-bond acceptors (Lipinski definition) is 3. The second-order valence-electron chi connectivity index (χ2n) is 2.14. The van der Waals surface area contributed by atoms with Crippen LogP contribution in [0.15, 0.2) is 0 Å². The van der Waals surface area contributed by atoms with Crippen LogP contribution in [0.2, 0.25) is 0 Å². The monoisotopic (exact) mass is 161 g/mol. The van der Waals surface area contributed by atoms with Gasteiger partial charge >= 0.3 is 11.9 Å². The molecule has 2 N–H and O–H groups in total. The maximum atomic E-state index is 10.5. The number of methoxy groups -OCH3 is 1. The van der Waals surface area contributed by atoms with Gasteiger partial charge in [0.05, 0.1) is 6.61 Å². The zero-order chi connectivity index (χ0) is 8.85. The molecule has 0 aromatic rings. The van der Waals surface area contributed by atoms with E-state index in [2.05, 4.69) is 10.1 Å². The Morgan fingerprint density at radius 1 is 1.64 bits per heavy atom. The van der Waals surface area contributed by atoms with Crippen LogP contribution in [-0.2, 0) is 14.3 Å². The maximum absolute atomic E-state index is 10.5. The van der Waals surface area contributed by atoms with E-state index in [0.717, 1.165) is 0 Å². The summed E-state index contributed by atoms with van der Waals surface area (Å²) >= 11 is 0. The lowest BCUT2D eigenvalue weighted by atomic mass is 10.3. The lowest BCUT2D eigenvalue weighted by Crippen LogP contribution is -2.39. The molecule has 1 amide bonds. The van der Waals surface area contributed by atoms with Crippen molar-refractivity contribution in [2.24, 2.45) is 0 Å². The molecule has 0 aromatic heterocycles. The molecule has 0 spiro atoms. The van der Waals surface area contributed by atoms with Crippen LogP contribution in [0, 0.1) is 0 Å². The molecule has 0 radical (unpaired) electrons. The number of aliphatic carboxylic acids is 1. The summed E-state index contributed by atoms with van der Waals surface area (Å²) in [7, 11) is 1.48. The van der Waals surface area contributed by atoms with Crippen molar-refractivity contribution < 1.29 is 19.4 Å². The van der Waals surface area contributed by atoms with E-state index < -0.39 is 11.9 Å². The van der Waals surface area contributed by atoms with E-state index in [4.69, 9.17) is 5.11 Å². The predicted octanol–water partition coefficient (Wildman–Crippen LogP) is -0.778. The highest BCUT2D eigenvalue weighted by atomic mass is 16.5. The number of ether oxygens (including phenoxy) is 1. The summed E-state index contributed by atoms with van der Waals surface area (Å²) in [6.07, 6.45) is 0. The van der Waals surface area contributed by atoms with Gasteiger partial charge in [0, 0.05) is 13.2 Å². The zero-order valence-corrected chi connectivity index (χ0v) is 6.46. The molecule has 0 saturated carbocycles. The van der Waals surface area contributed by atoms with Crippen LogP contribution in [0.4, 0.5) is 0 Å². The van der Waals surface area contributed by atoms with E-state index in [1.54, 1.807) is 6.92 Å². The highest BCUT2D eigenvalue weighted by molar-refractivity contribution is 6.31. The molecule has 5 nitrogen and oxygen atoms in total. The second-order valence-corrected chi connectivity index (χ2v) is 2.14. The highest BCUT2D eigenvalue weighted by Gasteiger charge is 2.13. The Kier molecular flexibility index (Phi) is 4.21. The SMILES string of the molecule is COCC(C)NC(=O)C(=O)O. The molecule has 0 rings (SSSR count). The van der Waals surface area contributed by atoms with Gasteiger partial charge in [0.15, 0.2) is 0 Å². The van der Waals surface area contributed by atoms with E-state index in [-0.39, 0.29) is 6.04 Å². The Labute approximate surface area is 64.3 Å². The summed E-state index contributed by atoms with van der Waals surface area (Å²) in [5.74, 6) is -2.48. The minimum Gasteiger partial charge on any atom is -0.474 e. The molecule has 0 aromatic carbocycles. The highest BCUT2D eigenvalue weighted by Crippen LogP contribution is 1.81.